The van der Waals surface area contributed by atoms with Crippen molar-refractivity contribution in [2.75, 3.05) is 7.05 Å². The summed E-state index contributed by atoms with van der Waals surface area (Å²) in [4.78, 5) is 1.45. The van der Waals surface area contributed by atoms with Gasteiger partial charge in [0.05, 0.1) is 0 Å². The number of thioether (sulfide) groups is 1. The second kappa shape index (κ2) is 5.74. The van der Waals surface area contributed by atoms with Gasteiger partial charge in [0.25, 0.3) is 0 Å². The number of rotatable bonds is 4. The largest absolute Gasteiger partial charge is 0.316 e. The first-order valence-corrected chi connectivity index (χ1v) is 7.08. The van der Waals surface area contributed by atoms with Crippen molar-refractivity contribution >= 4 is 11.8 Å². The zero-order valence-corrected chi connectivity index (χ0v) is 11.1. The SMILES string of the molecule is CNCc1ccc(SC2CCCC2)cc1C. The van der Waals surface area contributed by atoms with Gasteiger partial charge >= 0.3 is 0 Å². The van der Waals surface area contributed by atoms with Crippen LogP contribution in [0.25, 0.3) is 0 Å². The van der Waals surface area contributed by atoms with Crippen LogP contribution in [0.4, 0.5) is 0 Å². The van der Waals surface area contributed by atoms with Gasteiger partial charge in [0.15, 0.2) is 0 Å². The highest BCUT2D eigenvalue weighted by molar-refractivity contribution is 8.00. The van der Waals surface area contributed by atoms with Gasteiger partial charge in [-0.3, -0.25) is 0 Å². The average molecular weight is 235 g/mol. The molecule has 0 saturated heterocycles. The summed E-state index contributed by atoms with van der Waals surface area (Å²) in [7, 11) is 2.00. The minimum absolute atomic E-state index is 0.870. The van der Waals surface area contributed by atoms with E-state index in [-0.39, 0.29) is 0 Å². The Labute approximate surface area is 103 Å². The summed E-state index contributed by atoms with van der Waals surface area (Å²) < 4.78 is 0. The van der Waals surface area contributed by atoms with Gasteiger partial charge in [0.2, 0.25) is 0 Å². The Kier molecular flexibility index (Phi) is 4.30. The fourth-order valence-corrected chi connectivity index (χ4v) is 3.67. The van der Waals surface area contributed by atoms with Crippen LogP contribution in [-0.4, -0.2) is 12.3 Å². The molecule has 1 aliphatic rings. The molecule has 0 atom stereocenters. The lowest BCUT2D eigenvalue weighted by Crippen LogP contribution is -2.06. The van der Waals surface area contributed by atoms with Gasteiger partial charge < -0.3 is 5.32 Å². The molecule has 0 bridgehead atoms. The van der Waals surface area contributed by atoms with Gasteiger partial charge in [-0.15, -0.1) is 11.8 Å². The summed E-state index contributed by atoms with van der Waals surface area (Å²) in [5, 5.41) is 4.08. The molecule has 0 aliphatic heterocycles. The van der Waals surface area contributed by atoms with E-state index in [1.807, 2.05) is 7.05 Å². The second-order valence-electron chi connectivity index (χ2n) is 4.64. The second-order valence-corrected chi connectivity index (χ2v) is 6.02. The molecule has 1 fully saturated rings. The third kappa shape index (κ3) is 3.02. The van der Waals surface area contributed by atoms with Gasteiger partial charge in [-0.05, 0) is 50.1 Å². The molecule has 1 aromatic rings. The van der Waals surface area contributed by atoms with E-state index in [2.05, 4.69) is 42.2 Å². The number of aryl methyl sites for hydroxylation is 1. The van der Waals surface area contributed by atoms with Crippen LogP contribution in [0.15, 0.2) is 23.1 Å². The summed E-state index contributed by atoms with van der Waals surface area (Å²) in [5.41, 5.74) is 2.83. The minimum atomic E-state index is 0.870. The molecule has 0 amide bonds. The molecular formula is C14H21NS. The summed E-state index contributed by atoms with van der Waals surface area (Å²) in [6, 6.07) is 6.89. The van der Waals surface area contributed by atoms with E-state index in [9.17, 15) is 0 Å². The standard InChI is InChI=1S/C14H21NS/c1-11-9-14(8-7-12(11)10-15-2)16-13-5-3-4-6-13/h7-9,13,15H,3-6,10H2,1-2H3. The lowest BCUT2D eigenvalue weighted by Gasteiger charge is -2.11. The predicted octanol–water partition coefficient (Wildman–Crippen LogP) is 3.75. The summed E-state index contributed by atoms with van der Waals surface area (Å²) in [6.45, 7) is 3.19. The molecule has 0 radical (unpaired) electrons. The lowest BCUT2D eigenvalue weighted by atomic mass is 10.1. The first-order chi connectivity index (χ1) is 7.79. The zero-order chi connectivity index (χ0) is 11.4. The van der Waals surface area contributed by atoms with E-state index >= 15 is 0 Å². The molecule has 1 aliphatic carbocycles. The Morgan fingerprint density at radius 3 is 2.69 bits per heavy atom. The first-order valence-electron chi connectivity index (χ1n) is 6.20. The topological polar surface area (TPSA) is 12.0 Å². The summed E-state index contributed by atoms with van der Waals surface area (Å²) >= 11 is 2.07. The van der Waals surface area contributed by atoms with E-state index in [0.717, 1.165) is 11.8 Å². The van der Waals surface area contributed by atoms with Crippen molar-refractivity contribution in [3.63, 3.8) is 0 Å². The highest BCUT2D eigenvalue weighted by Gasteiger charge is 2.16. The van der Waals surface area contributed by atoms with Gasteiger partial charge in [-0.2, -0.15) is 0 Å². The lowest BCUT2D eigenvalue weighted by molar-refractivity contribution is 0.810. The fraction of sp³-hybridized carbons (Fsp3) is 0.571. The highest BCUT2D eigenvalue weighted by atomic mass is 32.2. The van der Waals surface area contributed by atoms with Crippen molar-refractivity contribution < 1.29 is 0 Å². The molecule has 16 heavy (non-hydrogen) atoms. The molecule has 1 N–H and O–H groups in total. The van der Waals surface area contributed by atoms with E-state index in [1.165, 1.54) is 41.7 Å². The van der Waals surface area contributed by atoms with Crippen LogP contribution in [-0.2, 0) is 6.54 Å². The molecule has 1 nitrogen and oxygen atoms in total. The maximum atomic E-state index is 3.21. The maximum absolute atomic E-state index is 3.21. The van der Waals surface area contributed by atoms with Crippen molar-refractivity contribution in [2.24, 2.45) is 0 Å². The fourth-order valence-electron chi connectivity index (χ4n) is 2.33. The van der Waals surface area contributed by atoms with Crippen LogP contribution in [0.2, 0.25) is 0 Å². The molecule has 88 valence electrons. The zero-order valence-electron chi connectivity index (χ0n) is 10.3. The van der Waals surface area contributed by atoms with E-state index in [1.54, 1.807) is 0 Å². The van der Waals surface area contributed by atoms with Crippen LogP contribution < -0.4 is 5.32 Å². The number of nitrogens with one attached hydrogen (secondary N) is 1. The first kappa shape index (κ1) is 12.0. The summed E-state index contributed by atoms with van der Waals surface area (Å²) in [6.07, 6.45) is 5.66. The molecule has 0 spiro atoms. The van der Waals surface area contributed by atoms with E-state index in [0.29, 0.717) is 0 Å². The molecule has 0 unspecified atom stereocenters. The van der Waals surface area contributed by atoms with Gasteiger partial charge in [-0.1, -0.05) is 18.9 Å². The van der Waals surface area contributed by atoms with E-state index in [4.69, 9.17) is 0 Å². The van der Waals surface area contributed by atoms with Crippen molar-refractivity contribution in [3.05, 3.63) is 29.3 Å². The van der Waals surface area contributed by atoms with Crippen molar-refractivity contribution in [2.45, 2.75) is 49.3 Å². The van der Waals surface area contributed by atoms with Crippen LogP contribution in [0, 0.1) is 6.92 Å². The van der Waals surface area contributed by atoms with Crippen LogP contribution >= 0.6 is 11.8 Å². The quantitative estimate of drug-likeness (QED) is 0.853. The molecule has 1 saturated carbocycles. The van der Waals surface area contributed by atoms with Crippen molar-refractivity contribution in [3.8, 4) is 0 Å². The number of hydrogen-bond acceptors (Lipinski definition) is 2. The highest BCUT2D eigenvalue weighted by Crippen LogP contribution is 2.35. The number of benzene rings is 1. The van der Waals surface area contributed by atoms with Crippen LogP contribution in [0.3, 0.4) is 0 Å². The Bertz CT molecular complexity index is 343. The Balaban J connectivity index is 2.02. The van der Waals surface area contributed by atoms with Crippen LogP contribution in [0.5, 0.6) is 0 Å². The monoisotopic (exact) mass is 235 g/mol. The molecule has 2 rings (SSSR count). The molecular weight excluding hydrogens is 214 g/mol. The Morgan fingerprint density at radius 1 is 1.31 bits per heavy atom. The van der Waals surface area contributed by atoms with Crippen LogP contribution in [0.1, 0.15) is 36.8 Å². The predicted molar refractivity (Wildman–Crippen MR) is 72.1 cm³/mol. The smallest absolute Gasteiger partial charge is 0.0205 e. The van der Waals surface area contributed by atoms with Gasteiger partial charge in [-0.25, -0.2) is 0 Å². The van der Waals surface area contributed by atoms with E-state index < -0.39 is 0 Å². The average Bonchev–Trinajstić information content (AvgIpc) is 2.75. The summed E-state index contributed by atoms with van der Waals surface area (Å²) in [5.74, 6) is 0. The normalized spacial score (nSPS) is 16.9. The third-order valence-corrected chi connectivity index (χ3v) is 4.62. The Morgan fingerprint density at radius 2 is 2.06 bits per heavy atom. The Hall–Kier alpha value is -0.470. The van der Waals surface area contributed by atoms with Crippen molar-refractivity contribution in [1.29, 1.82) is 0 Å². The minimum Gasteiger partial charge on any atom is -0.316 e. The maximum Gasteiger partial charge on any atom is 0.0205 e. The van der Waals surface area contributed by atoms with Crippen molar-refractivity contribution in [1.82, 2.24) is 5.32 Å². The molecule has 2 heteroatoms. The molecule has 0 aromatic heterocycles. The van der Waals surface area contributed by atoms with Gasteiger partial charge in [0, 0.05) is 16.7 Å². The molecule has 0 heterocycles. The number of hydrogen-bond donors (Lipinski definition) is 1. The van der Waals surface area contributed by atoms with Gasteiger partial charge in [0.1, 0.15) is 0 Å². The third-order valence-electron chi connectivity index (χ3n) is 3.29. The molecule has 1 aromatic carbocycles.